The second-order valence-electron chi connectivity index (χ2n) is 6.81. The van der Waals surface area contributed by atoms with Gasteiger partial charge in [0.1, 0.15) is 0 Å². The van der Waals surface area contributed by atoms with Crippen LogP contribution in [0.5, 0.6) is 0 Å². The average molecular weight is 402 g/mol. The summed E-state index contributed by atoms with van der Waals surface area (Å²) in [4.78, 5) is 12.4. The van der Waals surface area contributed by atoms with E-state index in [2.05, 4.69) is 17.5 Å². The summed E-state index contributed by atoms with van der Waals surface area (Å²) in [5, 5.41) is 4.06. The molecule has 6 nitrogen and oxygen atoms in total. The van der Waals surface area contributed by atoms with Crippen molar-refractivity contribution in [2.75, 3.05) is 7.05 Å². The molecule has 0 aliphatic rings. The highest BCUT2D eigenvalue weighted by atomic mass is 32.2. The maximum absolute atomic E-state index is 12.7. The van der Waals surface area contributed by atoms with Gasteiger partial charge in [-0.1, -0.05) is 43.2 Å². The summed E-state index contributed by atoms with van der Waals surface area (Å²) in [5.41, 5.74) is 5.68. The van der Waals surface area contributed by atoms with Crippen molar-refractivity contribution < 1.29 is 13.2 Å². The van der Waals surface area contributed by atoms with Crippen LogP contribution in [-0.4, -0.2) is 31.4 Å². The van der Waals surface area contributed by atoms with Gasteiger partial charge < -0.3 is 0 Å². The van der Waals surface area contributed by atoms with Crippen molar-refractivity contribution in [3.05, 3.63) is 65.2 Å². The predicted octanol–water partition coefficient (Wildman–Crippen LogP) is 3.72. The Kier molecular flexibility index (Phi) is 7.48. The summed E-state index contributed by atoms with van der Waals surface area (Å²) < 4.78 is 26.6. The fraction of sp³-hybridized carbons (Fsp3) is 0.333. The van der Waals surface area contributed by atoms with Gasteiger partial charge in [0, 0.05) is 24.9 Å². The Labute approximate surface area is 167 Å². The highest BCUT2D eigenvalue weighted by Crippen LogP contribution is 2.17. The van der Waals surface area contributed by atoms with Crippen molar-refractivity contribution in [3.8, 4) is 0 Å². The number of nitrogens with one attached hydrogen (secondary N) is 1. The Morgan fingerprint density at radius 1 is 1.07 bits per heavy atom. The van der Waals surface area contributed by atoms with Crippen molar-refractivity contribution in [2.24, 2.45) is 5.10 Å². The number of nitrogens with zero attached hydrogens (tertiary/aromatic N) is 2. The second-order valence-corrected chi connectivity index (χ2v) is 8.85. The molecule has 28 heavy (non-hydrogen) atoms. The molecule has 0 saturated carbocycles. The van der Waals surface area contributed by atoms with E-state index in [0.717, 1.165) is 29.7 Å². The van der Waals surface area contributed by atoms with Crippen molar-refractivity contribution >= 4 is 21.6 Å². The molecule has 0 atom stereocenters. The number of carbonyl (C=O) groups is 1. The number of rotatable bonds is 8. The van der Waals surface area contributed by atoms with Crippen LogP contribution in [0.2, 0.25) is 0 Å². The van der Waals surface area contributed by atoms with E-state index in [1.807, 2.05) is 13.8 Å². The summed E-state index contributed by atoms with van der Waals surface area (Å²) in [5.74, 6) is -0.289. The van der Waals surface area contributed by atoms with Crippen LogP contribution >= 0.6 is 0 Å². The molecule has 150 valence electrons. The summed E-state index contributed by atoms with van der Waals surface area (Å²) in [7, 11) is -2.03. The lowest BCUT2D eigenvalue weighted by atomic mass is 10.1. The molecule has 2 rings (SSSR count). The van der Waals surface area contributed by atoms with E-state index in [1.165, 1.54) is 4.31 Å². The van der Waals surface area contributed by atoms with Gasteiger partial charge in [-0.05, 0) is 50.1 Å². The molecule has 0 heterocycles. The average Bonchev–Trinajstić information content (AvgIpc) is 2.67. The molecular formula is C21H27N3O3S. The van der Waals surface area contributed by atoms with E-state index in [1.54, 1.807) is 55.6 Å². The lowest BCUT2D eigenvalue weighted by Gasteiger charge is -2.17. The molecule has 1 N–H and O–H groups in total. The number of hydrogen-bond donors (Lipinski definition) is 1. The number of aryl methyl sites for hydroxylation is 1. The van der Waals surface area contributed by atoms with Crippen LogP contribution in [-0.2, 0) is 16.6 Å². The summed E-state index contributed by atoms with van der Waals surface area (Å²) >= 11 is 0. The van der Waals surface area contributed by atoms with E-state index >= 15 is 0 Å². The topological polar surface area (TPSA) is 78.8 Å². The number of sulfonamides is 1. The van der Waals surface area contributed by atoms with Gasteiger partial charge in [0.2, 0.25) is 10.0 Å². The lowest BCUT2D eigenvalue weighted by Crippen LogP contribution is -2.26. The minimum Gasteiger partial charge on any atom is -0.267 e. The molecule has 0 spiro atoms. The van der Waals surface area contributed by atoms with Crippen LogP contribution in [0.4, 0.5) is 0 Å². The molecule has 1 amide bonds. The molecule has 2 aromatic carbocycles. The Bertz CT molecular complexity index is 934. The largest absolute Gasteiger partial charge is 0.271 e. The molecule has 0 aliphatic carbocycles. The molecular weight excluding hydrogens is 374 g/mol. The third-order valence-corrected chi connectivity index (χ3v) is 6.13. The van der Waals surface area contributed by atoms with Crippen molar-refractivity contribution in [2.45, 2.75) is 45.1 Å². The number of hydrazone groups is 1. The fourth-order valence-electron chi connectivity index (χ4n) is 2.62. The van der Waals surface area contributed by atoms with Gasteiger partial charge in [-0.2, -0.15) is 9.41 Å². The van der Waals surface area contributed by atoms with Crippen LogP contribution in [0.15, 0.2) is 58.5 Å². The fourth-order valence-corrected chi connectivity index (χ4v) is 3.78. The zero-order valence-corrected chi connectivity index (χ0v) is 17.6. The summed E-state index contributed by atoms with van der Waals surface area (Å²) in [6.07, 6.45) is 1.81. The number of hydrogen-bond acceptors (Lipinski definition) is 4. The van der Waals surface area contributed by atoms with Gasteiger partial charge in [-0.15, -0.1) is 0 Å². The van der Waals surface area contributed by atoms with Gasteiger partial charge in [-0.3, -0.25) is 4.79 Å². The minimum atomic E-state index is -3.57. The first kappa shape index (κ1) is 21.8. The van der Waals surface area contributed by atoms with Crippen molar-refractivity contribution in [3.63, 3.8) is 0 Å². The van der Waals surface area contributed by atoms with Gasteiger partial charge in [-0.25, -0.2) is 13.8 Å². The maximum Gasteiger partial charge on any atom is 0.271 e. The summed E-state index contributed by atoms with van der Waals surface area (Å²) in [6.45, 7) is 6.05. The number of benzene rings is 2. The monoisotopic (exact) mass is 401 g/mol. The Balaban J connectivity index is 2.04. The van der Waals surface area contributed by atoms with Crippen molar-refractivity contribution in [1.82, 2.24) is 9.73 Å². The van der Waals surface area contributed by atoms with Gasteiger partial charge in [0.15, 0.2) is 0 Å². The van der Waals surface area contributed by atoms with E-state index in [0.29, 0.717) is 5.56 Å². The van der Waals surface area contributed by atoms with E-state index in [9.17, 15) is 13.2 Å². The molecule has 0 radical (unpaired) electrons. The first-order valence-electron chi connectivity index (χ1n) is 9.19. The third-order valence-electron chi connectivity index (χ3n) is 4.31. The predicted molar refractivity (Wildman–Crippen MR) is 112 cm³/mol. The first-order chi connectivity index (χ1) is 13.2. The minimum absolute atomic E-state index is 0.214. The van der Waals surface area contributed by atoms with Gasteiger partial charge in [0.05, 0.1) is 4.90 Å². The highest BCUT2D eigenvalue weighted by Gasteiger charge is 2.20. The molecule has 2 aromatic rings. The second kappa shape index (κ2) is 9.61. The first-order valence-corrected chi connectivity index (χ1v) is 10.6. The third kappa shape index (κ3) is 5.74. The van der Waals surface area contributed by atoms with Crippen LogP contribution < -0.4 is 5.43 Å². The van der Waals surface area contributed by atoms with Crippen molar-refractivity contribution in [1.29, 1.82) is 0 Å². The SMILES string of the molecule is CCC/C(C)=N\NC(=O)c1ccc(CN(C)S(=O)(=O)c2ccc(C)cc2)cc1. The van der Waals surface area contributed by atoms with E-state index in [4.69, 9.17) is 0 Å². The summed E-state index contributed by atoms with van der Waals surface area (Å²) in [6, 6.07) is 13.6. The highest BCUT2D eigenvalue weighted by molar-refractivity contribution is 7.89. The smallest absolute Gasteiger partial charge is 0.267 e. The lowest BCUT2D eigenvalue weighted by molar-refractivity contribution is 0.0954. The maximum atomic E-state index is 12.7. The zero-order chi connectivity index (χ0) is 20.7. The number of carbonyl (C=O) groups excluding carboxylic acids is 1. The van der Waals surface area contributed by atoms with Crippen LogP contribution in [0.1, 0.15) is 48.2 Å². The molecule has 0 fully saturated rings. The van der Waals surface area contributed by atoms with Gasteiger partial charge >= 0.3 is 0 Å². The standard InChI is InChI=1S/C21H27N3O3S/c1-5-6-17(3)22-23-21(25)19-11-9-18(10-12-19)15-24(4)28(26,27)20-13-7-16(2)8-14-20/h7-14H,5-6,15H2,1-4H3,(H,23,25)/b22-17-. The quantitative estimate of drug-likeness (QED) is 0.541. The van der Waals surface area contributed by atoms with Crippen LogP contribution in [0, 0.1) is 6.92 Å². The van der Waals surface area contributed by atoms with E-state index < -0.39 is 10.0 Å². The molecule has 0 unspecified atom stereocenters. The van der Waals surface area contributed by atoms with E-state index in [-0.39, 0.29) is 17.3 Å². The Morgan fingerprint density at radius 2 is 1.68 bits per heavy atom. The molecule has 0 saturated heterocycles. The molecule has 7 heteroatoms. The molecule has 0 aliphatic heterocycles. The Hall–Kier alpha value is -2.51. The van der Waals surface area contributed by atoms with Gasteiger partial charge in [0.25, 0.3) is 5.91 Å². The molecule has 0 bridgehead atoms. The number of amides is 1. The normalized spacial score (nSPS) is 12.2. The van der Waals surface area contributed by atoms with Crippen LogP contribution in [0.25, 0.3) is 0 Å². The molecule has 0 aromatic heterocycles. The Morgan fingerprint density at radius 3 is 2.25 bits per heavy atom. The zero-order valence-electron chi connectivity index (χ0n) is 16.8. The van der Waals surface area contributed by atoms with Crippen LogP contribution in [0.3, 0.4) is 0 Å².